The molecule has 2 aliphatic rings. The van der Waals surface area contributed by atoms with Crippen molar-refractivity contribution < 1.29 is 18.7 Å². The molecule has 3 rings (SSSR count). The number of likely N-dealkylation sites (tertiary alicyclic amines) is 1. The molecule has 3 heterocycles. The van der Waals surface area contributed by atoms with Gasteiger partial charge in [-0.25, -0.2) is 0 Å². The van der Waals surface area contributed by atoms with Crippen LogP contribution in [0.2, 0.25) is 0 Å². The second-order valence-corrected chi connectivity index (χ2v) is 7.61. The normalized spacial score (nSPS) is 26.7. The van der Waals surface area contributed by atoms with Crippen molar-refractivity contribution in [2.24, 2.45) is 5.41 Å². The topological polar surface area (TPSA) is 55.2 Å². The zero-order valence-corrected chi connectivity index (χ0v) is 15.6. The number of rotatable bonds is 6. The first-order valence-electron chi connectivity index (χ1n) is 9.20. The first-order chi connectivity index (χ1) is 12.0. The maximum atomic E-state index is 12.8. The summed E-state index contributed by atoms with van der Waals surface area (Å²) in [4.78, 5) is 16.8. The number of fused-ring (bicyclic) bond motifs is 1. The van der Waals surface area contributed by atoms with Crippen molar-refractivity contribution in [1.29, 1.82) is 0 Å². The molecule has 2 unspecified atom stereocenters. The molecule has 0 saturated carbocycles. The van der Waals surface area contributed by atoms with E-state index in [-0.39, 0.29) is 17.4 Å². The molecule has 1 amide bonds. The molecule has 1 aromatic heterocycles. The van der Waals surface area contributed by atoms with Crippen molar-refractivity contribution >= 4 is 5.91 Å². The summed E-state index contributed by atoms with van der Waals surface area (Å²) in [5, 5.41) is 0. The van der Waals surface area contributed by atoms with Crippen molar-refractivity contribution in [3.05, 3.63) is 23.7 Å². The molecular formula is C19H30N2O4. The maximum Gasteiger partial charge on any atom is 0.289 e. The van der Waals surface area contributed by atoms with Crippen molar-refractivity contribution in [3.63, 3.8) is 0 Å². The molecule has 140 valence electrons. The standard InChI is InChI=1S/C19H30N2O4/c1-15-5-6-16(25-15)18(22)21-9-7-17-19(13-21,8-4-11-24-17)14-23-12-10-20(2)3/h5-6,17H,4,7-14H2,1-3H3. The highest BCUT2D eigenvalue weighted by atomic mass is 16.5. The van der Waals surface area contributed by atoms with Crippen molar-refractivity contribution in [2.45, 2.75) is 32.3 Å². The molecule has 0 N–H and O–H groups in total. The summed E-state index contributed by atoms with van der Waals surface area (Å²) < 4.78 is 17.6. The third-order valence-corrected chi connectivity index (χ3v) is 5.30. The van der Waals surface area contributed by atoms with Gasteiger partial charge in [0.25, 0.3) is 5.91 Å². The fraction of sp³-hybridized carbons (Fsp3) is 0.737. The van der Waals surface area contributed by atoms with E-state index in [1.807, 2.05) is 32.0 Å². The monoisotopic (exact) mass is 350 g/mol. The van der Waals surface area contributed by atoms with Gasteiger partial charge in [0.15, 0.2) is 5.76 Å². The quantitative estimate of drug-likeness (QED) is 0.736. The minimum absolute atomic E-state index is 0.0233. The van der Waals surface area contributed by atoms with Crippen LogP contribution < -0.4 is 0 Å². The summed E-state index contributed by atoms with van der Waals surface area (Å²) in [6, 6.07) is 3.60. The molecule has 6 heteroatoms. The highest BCUT2D eigenvalue weighted by molar-refractivity contribution is 5.91. The molecule has 0 aliphatic carbocycles. The molecule has 2 atom stereocenters. The number of carbonyl (C=O) groups excluding carboxylic acids is 1. The average molecular weight is 350 g/mol. The van der Waals surface area contributed by atoms with Gasteiger partial charge in [-0.1, -0.05) is 0 Å². The van der Waals surface area contributed by atoms with Crippen LogP contribution in [0, 0.1) is 12.3 Å². The Morgan fingerprint density at radius 2 is 2.28 bits per heavy atom. The van der Waals surface area contributed by atoms with E-state index in [4.69, 9.17) is 13.9 Å². The third kappa shape index (κ3) is 4.25. The Balaban J connectivity index is 1.67. The van der Waals surface area contributed by atoms with Gasteiger partial charge in [-0.3, -0.25) is 4.79 Å². The lowest BCUT2D eigenvalue weighted by Gasteiger charge is -2.50. The number of piperidine rings is 1. The Morgan fingerprint density at radius 3 is 3.00 bits per heavy atom. The summed E-state index contributed by atoms with van der Waals surface area (Å²) in [6.07, 6.45) is 3.11. The summed E-state index contributed by atoms with van der Waals surface area (Å²) in [6.45, 7) is 6.31. The van der Waals surface area contributed by atoms with Gasteiger partial charge in [0, 0.05) is 31.7 Å². The van der Waals surface area contributed by atoms with E-state index in [9.17, 15) is 4.79 Å². The number of hydrogen-bond donors (Lipinski definition) is 0. The zero-order valence-electron chi connectivity index (χ0n) is 15.6. The van der Waals surface area contributed by atoms with Gasteiger partial charge in [0.1, 0.15) is 5.76 Å². The Kier molecular flexibility index (Phi) is 5.81. The minimum Gasteiger partial charge on any atom is -0.456 e. The van der Waals surface area contributed by atoms with Crippen LogP contribution in [0.1, 0.15) is 35.6 Å². The van der Waals surface area contributed by atoms with Gasteiger partial charge in [0.2, 0.25) is 0 Å². The van der Waals surface area contributed by atoms with Crippen LogP contribution in [0.4, 0.5) is 0 Å². The zero-order chi connectivity index (χ0) is 17.9. The third-order valence-electron chi connectivity index (χ3n) is 5.30. The van der Waals surface area contributed by atoms with E-state index < -0.39 is 0 Å². The lowest BCUT2D eigenvalue weighted by Crippen LogP contribution is -2.58. The lowest BCUT2D eigenvalue weighted by atomic mass is 9.73. The number of carbonyl (C=O) groups is 1. The fourth-order valence-electron chi connectivity index (χ4n) is 3.90. The molecular weight excluding hydrogens is 320 g/mol. The number of amides is 1. The smallest absolute Gasteiger partial charge is 0.289 e. The molecule has 0 radical (unpaired) electrons. The molecule has 6 nitrogen and oxygen atoms in total. The highest BCUT2D eigenvalue weighted by Gasteiger charge is 2.47. The van der Waals surface area contributed by atoms with Gasteiger partial charge < -0.3 is 23.7 Å². The molecule has 2 aliphatic heterocycles. The minimum atomic E-state index is -0.0971. The van der Waals surface area contributed by atoms with Crippen molar-refractivity contribution in [3.8, 4) is 0 Å². The number of furan rings is 1. The number of nitrogens with zero attached hydrogens (tertiary/aromatic N) is 2. The number of ether oxygens (including phenoxy) is 2. The summed E-state index contributed by atoms with van der Waals surface area (Å²) in [5.41, 5.74) is -0.0971. The Bertz CT molecular complexity index is 586. The summed E-state index contributed by atoms with van der Waals surface area (Å²) in [5.74, 6) is 1.17. The average Bonchev–Trinajstić information content (AvgIpc) is 3.04. The highest BCUT2D eigenvalue weighted by Crippen LogP contribution is 2.40. The van der Waals surface area contributed by atoms with Gasteiger partial charge in [0.05, 0.1) is 19.3 Å². The van der Waals surface area contributed by atoms with Crippen LogP contribution in [-0.4, -0.2) is 75.4 Å². The summed E-state index contributed by atoms with van der Waals surface area (Å²) >= 11 is 0. The van der Waals surface area contributed by atoms with Crippen LogP contribution in [0.25, 0.3) is 0 Å². The first-order valence-corrected chi connectivity index (χ1v) is 9.20. The fourth-order valence-corrected chi connectivity index (χ4v) is 3.90. The van der Waals surface area contributed by atoms with E-state index in [2.05, 4.69) is 4.90 Å². The van der Waals surface area contributed by atoms with Crippen molar-refractivity contribution in [2.75, 3.05) is 53.6 Å². The molecule has 1 aromatic rings. The molecule has 25 heavy (non-hydrogen) atoms. The largest absolute Gasteiger partial charge is 0.456 e. The predicted molar refractivity (Wildman–Crippen MR) is 94.7 cm³/mol. The van der Waals surface area contributed by atoms with Gasteiger partial charge in [-0.05, 0) is 52.4 Å². The van der Waals surface area contributed by atoms with E-state index in [0.29, 0.717) is 32.1 Å². The van der Waals surface area contributed by atoms with Crippen molar-refractivity contribution in [1.82, 2.24) is 9.80 Å². The Morgan fingerprint density at radius 1 is 1.44 bits per heavy atom. The SMILES string of the molecule is Cc1ccc(C(=O)N2CCC3OCCCC3(COCCN(C)C)C2)o1. The van der Waals surface area contributed by atoms with Crippen LogP contribution in [0.3, 0.4) is 0 Å². The summed E-state index contributed by atoms with van der Waals surface area (Å²) in [7, 11) is 4.08. The number of hydrogen-bond acceptors (Lipinski definition) is 5. The predicted octanol–water partition coefficient (Wildman–Crippen LogP) is 2.18. The molecule has 0 bridgehead atoms. The van der Waals surface area contributed by atoms with E-state index >= 15 is 0 Å². The number of aryl methyl sites for hydroxylation is 1. The second-order valence-electron chi connectivity index (χ2n) is 7.61. The van der Waals surface area contributed by atoms with E-state index in [1.165, 1.54) is 0 Å². The Hall–Kier alpha value is -1.37. The van der Waals surface area contributed by atoms with Crippen LogP contribution >= 0.6 is 0 Å². The van der Waals surface area contributed by atoms with E-state index in [0.717, 1.165) is 38.2 Å². The van der Waals surface area contributed by atoms with Gasteiger partial charge >= 0.3 is 0 Å². The lowest BCUT2D eigenvalue weighted by molar-refractivity contribution is -0.147. The Labute approximate surface area is 150 Å². The maximum absolute atomic E-state index is 12.8. The van der Waals surface area contributed by atoms with Crippen LogP contribution in [0.5, 0.6) is 0 Å². The van der Waals surface area contributed by atoms with Crippen LogP contribution in [-0.2, 0) is 9.47 Å². The molecule has 0 spiro atoms. The molecule has 2 fully saturated rings. The molecule has 0 aromatic carbocycles. The molecule has 2 saturated heterocycles. The number of likely N-dealkylation sites (N-methyl/N-ethyl adjacent to an activating group) is 1. The van der Waals surface area contributed by atoms with E-state index in [1.54, 1.807) is 6.07 Å². The van der Waals surface area contributed by atoms with Gasteiger partial charge in [-0.2, -0.15) is 0 Å². The van der Waals surface area contributed by atoms with Crippen LogP contribution in [0.15, 0.2) is 16.5 Å². The second kappa shape index (κ2) is 7.89. The van der Waals surface area contributed by atoms with Gasteiger partial charge in [-0.15, -0.1) is 0 Å². The first kappa shape index (κ1) is 18.4.